The second-order valence-corrected chi connectivity index (χ2v) is 5.55. The fourth-order valence-corrected chi connectivity index (χ4v) is 2.42. The first-order valence-corrected chi connectivity index (χ1v) is 7.28. The summed E-state index contributed by atoms with van der Waals surface area (Å²) in [5.74, 6) is -0.879. The second kappa shape index (κ2) is 6.62. The van der Waals surface area contributed by atoms with Crippen molar-refractivity contribution in [2.75, 3.05) is 0 Å². The molecule has 1 heterocycles. The van der Waals surface area contributed by atoms with E-state index in [2.05, 4.69) is 0 Å². The van der Waals surface area contributed by atoms with Crippen LogP contribution in [0.15, 0.2) is 41.5 Å². The third kappa shape index (κ3) is 3.28. The second-order valence-electron chi connectivity index (χ2n) is 5.55. The van der Waals surface area contributed by atoms with Crippen molar-refractivity contribution in [3.63, 3.8) is 0 Å². The third-order valence-corrected chi connectivity index (χ3v) is 3.62. The van der Waals surface area contributed by atoms with E-state index in [9.17, 15) is 9.59 Å². The largest absolute Gasteiger partial charge is 0.481 e. The van der Waals surface area contributed by atoms with Crippen LogP contribution in [0.25, 0.3) is 5.69 Å². The SMILES string of the molecule is CC(C)n1ccn(-c2ccccc2C(N)CCC(=O)O)c1=O. The van der Waals surface area contributed by atoms with Crippen LogP contribution in [0.5, 0.6) is 0 Å². The van der Waals surface area contributed by atoms with Gasteiger partial charge in [-0.15, -0.1) is 0 Å². The molecule has 2 aromatic rings. The van der Waals surface area contributed by atoms with Crippen molar-refractivity contribution in [2.24, 2.45) is 5.73 Å². The first-order chi connectivity index (χ1) is 10.4. The van der Waals surface area contributed by atoms with Gasteiger partial charge in [0.05, 0.1) is 5.69 Å². The van der Waals surface area contributed by atoms with Gasteiger partial charge in [0.25, 0.3) is 0 Å². The maximum atomic E-state index is 12.4. The number of carboxylic acids is 1. The van der Waals surface area contributed by atoms with Crippen LogP contribution in [0.2, 0.25) is 0 Å². The molecule has 0 saturated carbocycles. The standard InChI is InChI=1S/C16H21N3O3/c1-11(2)18-9-10-19(16(18)22)14-6-4-3-5-12(14)13(17)7-8-15(20)21/h3-6,9-11,13H,7-8,17H2,1-2H3,(H,20,21). The number of carbonyl (C=O) groups is 1. The number of nitrogens with zero attached hydrogens (tertiary/aromatic N) is 2. The van der Waals surface area contributed by atoms with Crippen LogP contribution < -0.4 is 11.4 Å². The van der Waals surface area contributed by atoms with E-state index in [1.54, 1.807) is 21.5 Å². The maximum absolute atomic E-state index is 12.4. The number of hydrogen-bond donors (Lipinski definition) is 2. The van der Waals surface area contributed by atoms with Gasteiger partial charge in [-0.3, -0.25) is 13.9 Å². The number of imidazole rings is 1. The van der Waals surface area contributed by atoms with Gasteiger partial charge in [-0.1, -0.05) is 18.2 Å². The minimum atomic E-state index is -0.879. The minimum Gasteiger partial charge on any atom is -0.481 e. The Hall–Kier alpha value is -2.34. The van der Waals surface area contributed by atoms with Gasteiger partial charge in [-0.2, -0.15) is 0 Å². The Morgan fingerprint density at radius 3 is 2.55 bits per heavy atom. The summed E-state index contributed by atoms with van der Waals surface area (Å²) in [5.41, 5.74) is 7.45. The van der Waals surface area contributed by atoms with Crippen LogP contribution in [-0.4, -0.2) is 20.2 Å². The molecule has 118 valence electrons. The first-order valence-electron chi connectivity index (χ1n) is 7.28. The molecule has 3 N–H and O–H groups in total. The summed E-state index contributed by atoms with van der Waals surface area (Å²) in [6.07, 6.45) is 3.78. The van der Waals surface area contributed by atoms with Crippen LogP contribution in [0.4, 0.5) is 0 Å². The number of nitrogens with two attached hydrogens (primary N) is 1. The highest BCUT2D eigenvalue weighted by molar-refractivity contribution is 5.66. The predicted octanol–water partition coefficient (Wildman–Crippen LogP) is 2.08. The monoisotopic (exact) mass is 303 g/mol. The highest BCUT2D eigenvalue weighted by Crippen LogP contribution is 2.22. The zero-order valence-electron chi connectivity index (χ0n) is 12.8. The lowest BCUT2D eigenvalue weighted by Gasteiger charge is -2.16. The van der Waals surface area contributed by atoms with Gasteiger partial charge in [0.2, 0.25) is 0 Å². The van der Waals surface area contributed by atoms with Crippen LogP contribution in [0.3, 0.4) is 0 Å². The lowest BCUT2D eigenvalue weighted by molar-refractivity contribution is -0.137. The van der Waals surface area contributed by atoms with Crippen LogP contribution in [-0.2, 0) is 4.79 Å². The lowest BCUT2D eigenvalue weighted by atomic mass is 10.0. The molecule has 2 rings (SSSR count). The molecule has 0 fully saturated rings. The van der Waals surface area contributed by atoms with E-state index in [1.807, 2.05) is 38.1 Å². The molecule has 0 spiro atoms. The fraction of sp³-hybridized carbons (Fsp3) is 0.375. The summed E-state index contributed by atoms with van der Waals surface area (Å²) < 4.78 is 3.19. The molecule has 1 aromatic carbocycles. The van der Waals surface area contributed by atoms with E-state index in [-0.39, 0.29) is 18.2 Å². The zero-order valence-corrected chi connectivity index (χ0v) is 12.8. The number of rotatable bonds is 6. The van der Waals surface area contributed by atoms with Crippen LogP contribution in [0, 0.1) is 0 Å². The fourth-order valence-electron chi connectivity index (χ4n) is 2.42. The molecule has 6 heteroatoms. The van der Waals surface area contributed by atoms with Gasteiger partial charge >= 0.3 is 11.7 Å². The first kappa shape index (κ1) is 16.0. The minimum absolute atomic E-state index is 0.00257. The van der Waals surface area contributed by atoms with Crippen LogP contribution >= 0.6 is 0 Å². The molecular weight excluding hydrogens is 282 g/mol. The molecule has 6 nitrogen and oxygen atoms in total. The van der Waals surface area contributed by atoms with Crippen molar-refractivity contribution in [3.8, 4) is 5.69 Å². The van der Waals surface area contributed by atoms with Gasteiger partial charge in [-0.05, 0) is 31.9 Å². The van der Waals surface area contributed by atoms with E-state index in [0.717, 1.165) is 5.56 Å². The molecular formula is C16H21N3O3. The Bertz CT molecular complexity index is 715. The van der Waals surface area contributed by atoms with Crippen molar-refractivity contribution < 1.29 is 9.90 Å². The molecule has 0 aliphatic rings. The van der Waals surface area contributed by atoms with Gasteiger partial charge in [0.1, 0.15) is 0 Å². The van der Waals surface area contributed by atoms with Gasteiger partial charge in [-0.25, -0.2) is 4.79 Å². The maximum Gasteiger partial charge on any atom is 0.332 e. The Balaban J connectivity index is 2.40. The third-order valence-electron chi connectivity index (χ3n) is 3.62. The Kier molecular flexibility index (Phi) is 4.82. The summed E-state index contributed by atoms with van der Waals surface area (Å²) in [6, 6.07) is 6.97. The topological polar surface area (TPSA) is 90.2 Å². The summed E-state index contributed by atoms with van der Waals surface area (Å²) in [4.78, 5) is 23.2. The van der Waals surface area contributed by atoms with Gasteiger partial charge in [0, 0.05) is 30.9 Å². The van der Waals surface area contributed by atoms with E-state index in [1.165, 1.54) is 0 Å². The number of aliphatic carboxylic acids is 1. The van der Waals surface area contributed by atoms with Crippen molar-refractivity contribution in [2.45, 2.75) is 38.8 Å². The van der Waals surface area contributed by atoms with Crippen molar-refractivity contribution in [1.82, 2.24) is 9.13 Å². The Labute approximate surface area is 128 Å². The molecule has 0 saturated heterocycles. The molecule has 22 heavy (non-hydrogen) atoms. The van der Waals surface area contributed by atoms with E-state index in [0.29, 0.717) is 12.1 Å². The van der Waals surface area contributed by atoms with E-state index < -0.39 is 12.0 Å². The Morgan fingerprint density at radius 1 is 1.27 bits per heavy atom. The van der Waals surface area contributed by atoms with Crippen LogP contribution in [0.1, 0.15) is 44.3 Å². The summed E-state index contributed by atoms with van der Waals surface area (Å²) in [5, 5.41) is 8.79. The smallest absolute Gasteiger partial charge is 0.332 e. The quantitative estimate of drug-likeness (QED) is 0.855. The van der Waals surface area contributed by atoms with Crippen molar-refractivity contribution in [1.29, 1.82) is 0 Å². The van der Waals surface area contributed by atoms with E-state index >= 15 is 0 Å². The number of carboxylic acid groups (broad SMARTS) is 1. The highest BCUT2D eigenvalue weighted by atomic mass is 16.4. The molecule has 0 bridgehead atoms. The van der Waals surface area contributed by atoms with Gasteiger partial charge < -0.3 is 10.8 Å². The van der Waals surface area contributed by atoms with Crippen molar-refractivity contribution >= 4 is 5.97 Å². The number of para-hydroxylation sites is 1. The van der Waals surface area contributed by atoms with Crippen molar-refractivity contribution in [3.05, 3.63) is 52.7 Å². The molecule has 1 unspecified atom stereocenters. The Morgan fingerprint density at radius 2 is 1.95 bits per heavy atom. The van der Waals surface area contributed by atoms with Gasteiger partial charge in [0.15, 0.2) is 0 Å². The summed E-state index contributed by atoms with van der Waals surface area (Å²) >= 11 is 0. The summed E-state index contributed by atoms with van der Waals surface area (Å²) in [7, 11) is 0. The number of aromatic nitrogens is 2. The molecule has 0 radical (unpaired) electrons. The average molecular weight is 303 g/mol. The molecule has 1 atom stereocenters. The number of hydrogen-bond acceptors (Lipinski definition) is 3. The van der Waals surface area contributed by atoms with E-state index in [4.69, 9.17) is 10.8 Å². The number of benzene rings is 1. The normalized spacial score (nSPS) is 12.5. The summed E-state index contributed by atoms with van der Waals surface area (Å²) in [6.45, 7) is 3.88. The predicted molar refractivity (Wildman–Crippen MR) is 84.2 cm³/mol. The molecule has 0 aliphatic carbocycles. The zero-order chi connectivity index (χ0) is 16.3. The average Bonchev–Trinajstić information content (AvgIpc) is 2.86. The molecule has 1 aromatic heterocycles. The lowest BCUT2D eigenvalue weighted by Crippen LogP contribution is -2.25. The molecule has 0 amide bonds. The highest BCUT2D eigenvalue weighted by Gasteiger charge is 2.16. The molecule has 0 aliphatic heterocycles.